The van der Waals surface area contributed by atoms with E-state index in [4.69, 9.17) is 0 Å². The van der Waals surface area contributed by atoms with Gasteiger partial charge in [0, 0.05) is 38.4 Å². The van der Waals surface area contributed by atoms with Gasteiger partial charge in [-0.3, -0.25) is 4.79 Å². The van der Waals surface area contributed by atoms with E-state index < -0.39 is 0 Å². The number of likely N-dealkylation sites (N-methyl/N-ethyl adjacent to an activating group) is 1. The number of carbonyl (C=O) groups excluding carboxylic acids is 1. The first-order valence-corrected chi connectivity index (χ1v) is 7.60. The van der Waals surface area contributed by atoms with Gasteiger partial charge in [-0.2, -0.15) is 0 Å². The first-order chi connectivity index (χ1) is 9.63. The first-order valence-electron chi connectivity index (χ1n) is 7.60. The molecule has 20 heavy (non-hydrogen) atoms. The van der Waals surface area contributed by atoms with Crippen LogP contribution in [0.15, 0.2) is 12.4 Å². The molecule has 1 fully saturated rings. The van der Waals surface area contributed by atoms with E-state index in [-0.39, 0.29) is 5.91 Å². The predicted molar refractivity (Wildman–Crippen MR) is 79.5 cm³/mol. The number of likely N-dealkylation sites (tertiary alicyclic amines) is 1. The number of amides is 1. The molecule has 1 atom stereocenters. The average Bonchev–Trinajstić information content (AvgIpc) is 3.04. The maximum atomic E-state index is 12.4. The Morgan fingerprint density at radius 1 is 1.50 bits per heavy atom. The predicted octanol–water partition coefficient (Wildman–Crippen LogP) is 1.25. The van der Waals surface area contributed by atoms with Crippen LogP contribution in [0.1, 0.15) is 26.1 Å². The second kappa shape index (κ2) is 6.88. The van der Waals surface area contributed by atoms with Gasteiger partial charge in [0.25, 0.3) is 0 Å². The van der Waals surface area contributed by atoms with Gasteiger partial charge in [0.1, 0.15) is 12.4 Å². The molecule has 2 heterocycles. The zero-order valence-corrected chi connectivity index (χ0v) is 12.9. The summed E-state index contributed by atoms with van der Waals surface area (Å²) in [7, 11) is 2.15. The molecule has 1 amide bonds. The van der Waals surface area contributed by atoms with Crippen molar-refractivity contribution in [3.63, 3.8) is 0 Å². The number of nitrogens with zero attached hydrogens (tertiary/aromatic N) is 4. The molecule has 1 aromatic rings. The van der Waals surface area contributed by atoms with E-state index in [1.807, 2.05) is 15.7 Å². The monoisotopic (exact) mass is 278 g/mol. The Kier molecular flexibility index (Phi) is 5.17. The van der Waals surface area contributed by atoms with Crippen molar-refractivity contribution in [1.29, 1.82) is 0 Å². The van der Waals surface area contributed by atoms with E-state index in [2.05, 4.69) is 30.8 Å². The highest BCUT2D eigenvalue weighted by atomic mass is 16.2. The first kappa shape index (κ1) is 15.0. The zero-order valence-electron chi connectivity index (χ0n) is 12.9. The second-order valence-corrected chi connectivity index (χ2v) is 5.67. The smallest absolute Gasteiger partial charge is 0.242 e. The van der Waals surface area contributed by atoms with Crippen molar-refractivity contribution < 1.29 is 4.79 Å². The standard InChI is InChI=1S/C15H26N4O/c1-4-14-16-7-9-19(14)12-15(20)18(5-2)11-13-6-8-17(3)10-13/h7,9,13H,4-6,8,10-12H2,1-3H3. The quantitative estimate of drug-likeness (QED) is 0.786. The normalized spacial score (nSPS) is 19.4. The molecule has 1 aliphatic rings. The number of aromatic nitrogens is 2. The number of hydrogen-bond donors (Lipinski definition) is 0. The molecule has 112 valence electrons. The Morgan fingerprint density at radius 3 is 2.90 bits per heavy atom. The molecule has 0 radical (unpaired) electrons. The summed E-state index contributed by atoms with van der Waals surface area (Å²) in [5, 5.41) is 0. The van der Waals surface area contributed by atoms with Crippen LogP contribution in [0.5, 0.6) is 0 Å². The molecule has 0 aromatic carbocycles. The summed E-state index contributed by atoms with van der Waals surface area (Å²) in [6.07, 6.45) is 5.73. The third-order valence-corrected chi connectivity index (χ3v) is 4.13. The lowest BCUT2D eigenvalue weighted by Crippen LogP contribution is -2.38. The number of aryl methyl sites for hydroxylation is 1. The Bertz CT molecular complexity index is 443. The molecule has 1 aliphatic heterocycles. The fourth-order valence-electron chi connectivity index (χ4n) is 2.94. The van der Waals surface area contributed by atoms with Crippen LogP contribution in [0.3, 0.4) is 0 Å². The highest BCUT2D eigenvalue weighted by molar-refractivity contribution is 5.76. The Labute approximate surface area is 121 Å². The van der Waals surface area contributed by atoms with Gasteiger partial charge >= 0.3 is 0 Å². The van der Waals surface area contributed by atoms with E-state index in [0.29, 0.717) is 12.5 Å². The van der Waals surface area contributed by atoms with Crippen LogP contribution in [0.25, 0.3) is 0 Å². The van der Waals surface area contributed by atoms with Crippen LogP contribution >= 0.6 is 0 Å². The number of imidazole rings is 1. The number of rotatable bonds is 6. The van der Waals surface area contributed by atoms with Crippen molar-refractivity contribution >= 4 is 5.91 Å². The minimum atomic E-state index is 0.203. The van der Waals surface area contributed by atoms with E-state index in [1.165, 1.54) is 6.42 Å². The van der Waals surface area contributed by atoms with E-state index >= 15 is 0 Å². The van der Waals surface area contributed by atoms with Crippen LogP contribution < -0.4 is 0 Å². The summed E-state index contributed by atoms with van der Waals surface area (Å²) in [6.45, 7) is 8.47. The molecular formula is C15H26N4O. The summed E-state index contributed by atoms with van der Waals surface area (Å²) in [5.74, 6) is 1.81. The third-order valence-electron chi connectivity index (χ3n) is 4.13. The van der Waals surface area contributed by atoms with Crippen LogP contribution in [-0.2, 0) is 17.8 Å². The van der Waals surface area contributed by atoms with Crippen LogP contribution in [0, 0.1) is 5.92 Å². The van der Waals surface area contributed by atoms with Gasteiger partial charge in [-0.25, -0.2) is 4.98 Å². The molecular weight excluding hydrogens is 252 g/mol. The van der Waals surface area contributed by atoms with Gasteiger partial charge < -0.3 is 14.4 Å². The molecule has 1 unspecified atom stereocenters. The van der Waals surface area contributed by atoms with E-state index in [0.717, 1.165) is 38.4 Å². The molecule has 0 bridgehead atoms. The van der Waals surface area contributed by atoms with E-state index in [1.54, 1.807) is 6.20 Å². The highest BCUT2D eigenvalue weighted by Crippen LogP contribution is 2.16. The molecule has 1 aromatic heterocycles. The maximum Gasteiger partial charge on any atom is 0.242 e. The largest absolute Gasteiger partial charge is 0.341 e. The lowest BCUT2D eigenvalue weighted by Gasteiger charge is -2.25. The minimum Gasteiger partial charge on any atom is -0.341 e. The molecule has 0 aliphatic carbocycles. The van der Waals surface area contributed by atoms with Crippen molar-refractivity contribution in [3.05, 3.63) is 18.2 Å². The fraction of sp³-hybridized carbons (Fsp3) is 0.733. The van der Waals surface area contributed by atoms with Crippen LogP contribution in [0.2, 0.25) is 0 Å². The zero-order chi connectivity index (χ0) is 14.5. The fourth-order valence-corrected chi connectivity index (χ4v) is 2.94. The summed E-state index contributed by atoms with van der Waals surface area (Å²) >= 11 is 0. The van der Waals surface area contributed by atoms with Gasteiger partial charge in [-0.05, 0) is 32.9 Å². The summed E-state index contributed by atoms with van der Waals surface area (Å²) in [4.78, 5) is 21.0. The topological polar surface area (TPSA) is 41.4 Å². The molecule has 5 nitrogen and oxygen atoms in total. The van der Waals surface area contributed by atoms with Gasteiger partial charge in [0.15, 0.2) is 0 Å². The summed E-state index contributed by atoms with van der Waals surface area (Å²) in [6, 6.07) is 0. The van der Waals surface area contributed by atoms with Gasteiger partial charge in [0.2, 0.25) is 5.91 Å². The van der Waals surface area contributed by atoms with Gasteiger partial charge in [-0.15, -0.1) is 0 Å². The molecule has 0 N–H and O–H groups in total. The van der Waals surface area contributed by atoms with E-state index in [9.17, 15) is 4.79 Å². The Morgan fingerprint density at radius 2 is 2.30 bits per heavy atom. The Balaban J connectivity index is 1.92. The molecule has 2 rings (SSSR count). The second-order valence-electron chi connectivity index (χ2n) is 5.67. The lowest BCUT2D eigenvalue weighted by molar-refractivity contribution is -0.132. The molecule has 1 saturated heterocycles. The third kappa shape index (κ3) is 3.60. The van der Waals surface area contributed by atoms with Crippen molar-refractivity contribution in [2.24, 2.45) is 5.92 Å². The van der Waals surface area contributed by atoms with Crippen molar-refractivity contribution in [2.75, 3.05) is 33.2 Å². The summed E-state index contributed by atoms with van der Waals surface area (Å²) in [5.41, 5.74) is 0. The van der Waals surface area contributed by atoms with Crippen molar-refractivity contribution in [2.45, 2.75) is 33.2 Å². The summed E-state index contributed by atoms with van der Waals surface area (Å²) < 4.78 is 1.96. The van der Waals surface area contributed by atoms with Crippen molar-refractivity contribution in [1.82, 2.24) is 19.4 Å². The number of carbonyl (C=O) groups is 1. The number of hydrogen-bond acceptors (Lipinski definition) is 3. The lowest BCUT2D eigenvalue weighted by atomic mass is 10.1. The van der Waals surface area contributed by atoms with Crippen LogP contribution in [0.4, 0.5) is 0 Å². The molecule has 0 saturated carbocycles. The maximum absolute atomic E-state index is 12.4. The minimum absolute atomic E-state index is 0.203. The molecule has 5 heteroatoms. The highest BCUT2D eigenvalue weighted by Gasteiger charge is 2.23. The molecule has 0 spiro atoms. The average molecular weight is 278 g/mol. The SMILES string of the molecule is CCc1nccn1CC(=O)N(CC)CC1CCN(C)C1. The van der Waals surface area contributed by atoms with Crippen molar-refractivity contribution in [3.8, 4) is 0 Å². The Hall–Kier alpha value is -1.36. The van der Waals surface area contributed by atoms with Gasteiger partial charge in [0.05, 0.1) is 0 Å². The van der Waals surface area contributed by atoms with Gasteiger partial charge in [-0.1, -0.05) is 6.92 Å². The van der Waals surface area contributed by atoms with Crippen LogP contribution in [-0.4, -0.2) is 58.5 Å².